The Balaban J connectivity index is 0.870. The minimum Gasteiger partial charge on any atom is -0.455 e. The second-order valence-electron chi connectivity index (χ2n) is 20.2. The number of nitrogens with one attached hydrogen (secondary N) is 4. The number of hydrogen-bond acceptors (Lipinski definition) is 13. The summed E-state index contributed by atoms with van der Waals surface area (Å²) >= 11 is 0. The van der Waals surface area contributed by atoms with Crippen LogP contribution in [0.5, 0.6) is 11.5 Å². The van der Waals surface area contributed by atoms with Gasteiger partial charge < -0.3 is 29.8 Å². The summed E-state index contributed by atoms with van der Waals surface area (Å²) in [4.78, 5) is 51.6. The summed E-state index contributed by atoms with van der Waals surface area (Å²) in [6, 6.07) is 16.3. The monoisotopic (exact) mass is 961 g/mol. The maximum absolute atomic E-state index is 16.0. The maximum atomic E-state index is 16.0. The van der Waals surface area contributed by atoms with Gasteiger partial charge in [0.15, 0.2) is 0 Å². The predicted molar refractivity (Wildman–Crippen MR) is 262 cm³/mol. The number of amides is 1. The number of piperidine rings is 2. The van der Waals surface area contributed by atoms with Gasteiger partial charge in [0.1, 0.15) is 50.3 Å². The molecule has 1 saturated carbocycles. The third kappa shape index (κ3) is 9.11. The van der Waals surface area contributed by atoms with Gasteiger partial charge in [0.2, 0.25) is 0 Å². The Hall–Kier alpha value is -6.18. The molecule has 0 unspecified atom stereocenters. The largest absolute Gasteiger partial charge is 0.455 e. The normalized spacial score (nSPS) is 20.0. The summed E-state index contributed by atoms with van der Waals surface area (Å²) in [5.74, 6) is 0.333. The number of benzene rings is 2. The van der Waals surface area contributed by atoms with Crippen molar-refractivity contribution in [2.45, 2.75) is 114 Å². The van der Waals surface area contributed by atoms with Crippen molar-refractivity contribution >= 4 is 55.2 Å². The number of halogens is 1. The number of pyridine rings is 2. The Morgan fingerprint density at radius 2 is 1.74 bits per heavy atom. The van der Waals surface area contributed by atoms with Gasteiger partial charge >= 0.3 is 0 Å². The number of nitrogens with zero attached hydrogens (tertiary/aromatic N) is 7. The van der Waals surface area contributed by atoms with Gasteiger partial charge in [-0.25, -0.2) is 32.5 Å². The first-order chi connectivity index (χ1) is 33.1. The molecule has 0 bridgehead atoms. The summed E-state index contributed by atoms with van der Waals surface area (Å²) in [7, 11) is -4.83. The summed E-state index contributed by atoms with van der Waals surface area (Å²) in [6.45, 7) is 12.1. The third-order valence-corrected chi connectivity index (χ3v) is 16.6. The smallest absolute Gasteiger partial charge is 0.296 e. The van der Waals surface area contributed by atoms with Crippen LogP contribution in [0.15, 0.2) is 78.3 Å². The topological polar surface area (TPSA) is 208 Å². The van der Waals surface area contributed by atoms with E-state index in [4.69, 9.17) is 4.74 Å². The number of H-pyrrole nitrogens is 2. The molecule has 4 fully saturated rings. The number of anilines is 2. The lowest BCUT2D eigenvalue weighted by atomic mass is 9.60. The van der Waals surface area contributed by atoms with Gasteiger partial charge in [-0.05, 0) is 106 Å². The number of nitro benzene ring substituents is 1. The standard InChI is InChI=1S/C50H60FN11O6S/c1-31(2)36-8-5-6-9-37(36)39-10-7-17-61(39)34-25-49(26-34)12-18-60(19-13-49)43-24-41(68-35-22-33-11-16-52-47(33)54-27-35)38(28-53-43)48(63)58-69(66,67)42-23-40(62(64)65)44(46-45(42)56-30-57-46)55-29-50(51)14-20-59(21-15-50)32(3)4/h5-6,8-9,11,16,22-24,27-28,30-32,34,39,55H,7,10,12-15,17-21,25-26,29H2,1-4H3,(H,52,54)(H,56,57)(H,58,63)/t39-/m0/s1. The van der Waals surface area contributed by atoms with Gasteiger partial charge in [-0.2, -0.15) is 0 Å². The van der Waals surface area contributed by atoms with E-state index in [0.717, 1.165) is 56.8 Å². The molecular formula is C50H60FN11O6S. The van der Waals surface area contributed by atoms with Crippen LogP contribution in [0, 0.1) is 15.5 Å². The second-order valence-corrected chi connectivity index (χ2v) is 21.8. The number of carbonyl (C=O) groups is 1. The molecule has 7 heterocycles. The minimum atomic E-state index is -4.83. The lowest BCUT2D eigenvalue weighted by Gasteiger charge is -2.56. The Bertz CT molecular complexity index is 3010. The van der Waals surface area contributed by atoms with Crippen LogP contribution < -0.4 is 19.7 Å². The maximum Gasteiger partial charge on any atom is 0.296 e. The van der Waals surface area contributed by atoms with Gasteiger partial charge in [-0.1, -0.05) is 38.1 Å². The van der Waals surface area contributed by atoms with Crippen molar-refractivity contribution in [3.05, 3.63) is 100 Å². The van der Waals surface area contributed by atoms with E-state index in [1.54, 1.807) is 18.3 Å². The molecule has 4 aromatic heterocycles. The van der Waals surface area contributed by atoms with Crippen molar-refractivity contribution in [2.24, 2.45) is 5.41 Å². The van der Waals surface area contributed by atoms with Crippen LogP contribution in [0.2, 0.25) is 0 Å². The van der Waals surface area contributed by atoms with E-state index in [9.17, 15) is 23.3 Å². The van der Waals surface area contributed by atoms with Crippen molar-refractivity contribution in [1.29, 1.82) is 0 Å². The SMILES string of the molecule is CC(C)c1ccccc1[C@@H]1CCCN1C1CC2(CCN(c3cc(Oc4cnc5[nH]ccc5c4)c(C(=O)NS(=O)(=O)c4cc([N+](=O)[O-])c(NCC5(F)CCN(C(C)C)CC5)c5[nH]cnc45)cn3)CC2)C1. The van der Waals surface area contributed by atoms with E-state index in [1.165, 1.54) is 42.7 Å². The number of likely N-dealkylation sites (tertiary alicyclic amines) is 2. The fraction of sp³-hybridized carbons (Fsp3) is 0.480. The Morgan fingerprint density at radius 3 is 2.48 bits per heavy atom. The molecule has 4 N–H and O–H groups in total. The molecule has 3 aliphatic heterocycles. The van der Waals surface area contributed by atoms with Crippen molar-refractivity contribution in [1.82, 2.24) is 39.4 Å². The summed E-state index contributed by atoms with van der Waals surface area (Å²) in [5.41, 5.74) is 1.07. The molecule has 10 rings (SSSR count). The molecule has 17 nitrogen and oxygen atoms in total. The number of hydrogen-bond donors (Lipinski definition) is 4. The minimum absolute atomic E-state index is 0.0173. The van der Waals surface area contributed by atoms with Crippen LogP contribution in [-0.4, -0.2) is 111 Å². The number of carbonyl (C=O) groups excluding carboxylic acids is 1. The van der Waals surface area contributed by atoms with Crippen LogP contribution in [0.3, 0.4) is 0 Å². The van der Waals surface area contributed by atoms with Crippen molar-refractivity contribution < 1.29 is 27.3 Å². The third-order valence-electron chi connectivity index (χ3n) is 15.3. The van der Waals surface area contributed by atoms with Gasteiger partial charge in [-0.3, -0.25) is 19.8 Å². The molecule has 3 saturated heterocycles. The van der Waals surface area contributed by atoms with Gasteiger partial charge in [0.25, 0.3) is 21.6 Å². The van der Waals surface area contributed by atoms with Crippen molar-refractivity contribution in [3.8, 4) is 11.5 Å². The highest BCUT2D eigenvalue weighted by Gasteiger charge is 2.50. The molecule has 1 spiro atoms. The second kappa shape index (κ2) is 18.3. The van der Waals surface area contributed by atoms with E-state index in [-0.39, 0.29) is 58.9 Å². The lowest BCUT2D eigenvalue weighted by Crippen LogP contribution is -2.55. The zero-order chi connectivity index (χ0) is 48.2. The van der Waals surface area contributed by atoms with Gasteiger partial charge in [0, 0.05) is 80.8 Å². The lowest BCUT2D eigenvalue weighted by molar-refractivity contribution is -0.384. The average molecular weight is 962 g/mol. The Labute approximate surface area is 400 Å². The molecule has 1 aliphatic carbocycles. The van der Waals surface area contributed by atoms with E-state index >= 15 is 4.39 Å². The van der Waals surface area contributed by atoms with Crippen molar-refractivity contribution in [3.63, 3.8) is 0 Å². The van der Waals surface area contributed by atoms with Crippen LogP contribution >= 0.6 is 0 Å². The van der Waals surface area contributed by atoms with Crippen LogP contribution in [0.25, 0.3) is 22.1 Å². The quantitative estimate of drug-likeness (QED) is 0.0595. The Morgan fingerprint density at radius 1 is 0.971 bits per heavy atom. The molecular weight excluding hydrogens is 902 g/mol. The van der Waals surface area contributed by atoms with Gasteiger partial charge in [0.05, 0.1) is 23.0 Å². The number of rotatable bonds is 14. The Kier molecular flexibility index (Phi) is 12.3. The van der Waals surface area contributed by atoms with Crippen molar-refractivity contribution in [2.75, 3.05) is 49.5 Å². The highest BCUT2D eigenvalue weighted by atomic mass is 32.2. The van der Waals surface area contributed by atoms with Crippen LogP contribution in [-0.2, 0) is 10.0 Å². The molecule has 364 valence electrons. The number of alkyl halides is 1. The first-order valence-corrected chi connectivity index (χ1v) is 25.7. The number of fused-ring (bicyclic) bond motifs is 2. The number of ether oxygens (including phenoxy) is 1. The molecule has 69 heavy (non-hydrogen) atoms. The van der Waals surface area contributed by atoms with E-state index in [2.05, 4.69) is 87.8 Å². The van der Waals surface area contributed by atoms with E-state index in [1.807, 2.05) is 19.9 Å². The first-order valence-electron chi connectivity index (χ1n) is 24.2. The molecule has 4 aliphatic rings. The number of sulfonamides is 1. The van der Waals surface area contributed by atoms with Crippen LogP contribution in [0.4, 0.5) is 21.6 Å². The molecule has 1 atom stereocenters. The van der Waals surface area contributed by atoms with E-state index in [0.29, 0.717) is 48.3 Å². The zero-order valence-corrected chi connectivity index (χ0v) is 40.3. The molecule has 6 aromatic rings. The summed E-state index contributed by atoms with van der Waals surface area (Å²) in [6.07, 6.45) is 12.9. The molecule has 19 heteroatoms. The molecule has 0 radical (unpaired) electrons. The summed E-state index contributed by atoms with van der Waals surface area (Å²) < 4.78 is 52.9. The molecule has 2 aromatic carbocycles. The predicted octanol–water partition coefficient (Wildman–Crippen LogP) is 8.99. The fourth-order valence-electron chi connectivity index (χ4n) is 11.3. The summed E-state index contributed by atoms with van der Waals surface area (Å²) in [5, 5.41) is 16.2. The zero-order valence-electron chi connectivity index (χ0n) is 39.5. The number of nitro groups is 1. The van der Waals surface area contributed by atoms with Crippen LogP contribution in [0.1, 0.15) is 113 Å². The fourth-order valence-corrected chi connectivity index (χ4v) is 12.5. The van der Waals surface area contributed by atoms with Gasteiger partial charge in [-0.15, -0.1) is 0 Å². The average Bonchev–Trinajstić information content (AvgIpc) is 4.12. The highest BCUT2D eigenvalue weighted by molar-refractivity contribution is 7.90. The number of aromatic amines is 2. The number of aromatic nitrogens is 5. The van der Waals surface area contributed by atoms with E-state index < -0.39 is 37.1 Å². The number of imidazole rings is 1. The highest BCUT2D eigenvalue weighted by Crippen LogP contribution is 2.54. The molecule has 1 amide bonds. The first kappa shape index (κ1) is 46.5.